The largest absolute Gasteiger partial charge is 0.477 e. The molecule has 0 saturated carbocycles. The second kappa shape index (κ2) is 5.38. The van der Waals surface area contributed by atoms with Gasteiger partial charge in [0.1, 0.15) is 5.75 Å². The van der Waals surface area contributed by atoms with Crippen LogP contribution in [-0.4, -0.2) is 21.0 Å². The fraction of sp³-hybridized carbons (Fsp3) is 0. The number of hydrogen-bond acceptors (Lipinski definition) is 4. The lowest BCUT2D eigenvalue weighted by Gasteiger charge is -2.09. The van der Waals surface area contributed by atoms with Gasteiger partial charge in [0.05, 0.1) is 11.2 Å². The van der Waals surface area contributed by atoms with Crippen LogP contribution in [0.25, 0.3) is 10.8 Å². The van der Waals surface area contributed by atoms with E-state index in [2.05, 4.69) is 9.97 Å². The first kappa shape index (κ1) is 13.3. The maximum atomic E-state index is 11.2. The van der Waals surface area contributed by atoms with Crippen molar-refractivity contribution >= 4 is 28.3 Å². The monoisotopic (exact) mass is 300 g/mol. The van der Waals surface area contributed by atoms with Crippen molar-refractivity contribution in [2.24, 2.45) is 0 Å². The highest BCUT2D eigenvalue weighted by Gasteiger charge is 2.12. The number of halogens is 1. The predicted octanol–water partition coefficient (Wildman–Crippen LogP) is 3.77. The SMILES string of the molecule is O=C(O)c1cc2ccccc2c(Oc2cncc(Cl)c2)n1. The first-order chi connectivity index (χ1) is 10.1. The zero-order valence-corrected chi connectivity index (χ0v) is 11.4. The summed E-state index contributed by atoms with van der Waals surface area (Å²) in [5.74, 6) is -0.521. The van der Waals surface area contributed by atoms with Gasteiger partial charge in [-0.3, -0.25) is 4.98 Å². The second-order valence-electron chi connectivity index (χ2n) is 4.28. The summed E-state index contributed by atoms with van der Waals surface area (Å²) >= 11 is 5.85. The minimum absolute atomic E-state index is 0.0845. The van der Waals surface area contributed by atoms with Gasteiger partial charge >= 0.3 is 5.97 Å². The van der Waals surface area contributed by atoms with Crippen LogP contribution in [-0.2, 0) is 0 Å². The van der Waals surface area contributed by atoms with Gasteiger partial charge in [0.15, 0.2) is 5.69 Å². The van der Waals surface area contributed by atoms with Crippen LogP contribution >= 0.6 is 11.6 Å². The van der Waals surface area contributed by atoms with Gasteiger partial charge in [-0.1, -0.05) is 29.8 Å². The molecular formula is C15H9ClN2O3. The molecule has 0 bridgehead atoms. The summed E-state index contributed by atoms with van der Waals surface area (Å²) < 4.78 is 5.64. The molecule has 104 valence electrons. The lowest BCUT2D eigenvalue weighted by molar-refractivity contribution is 0.0690. The molecule has 5 nitrogen and oxygen atoms in total. The van der Waals surface area contributed by atoms with Crippen molar-refractivity contribution in [3.05, 3.63) is 59.5 Å². The van der Waals surface area contributed by atoms with E-state index < -0.39 is 5.97 Å². The van der Waals surface area contributed by atoms with Gasteiger partial charge in [-0.05, 0) is 17.5 Å². The number of carboxylic acid groups (broad SMARTS) is 1. The summed E-state index contributed by atoms with van der Waals surface area (Å²) in [5.41, 5.74) is -0.0845. The average molecular weight is 301 g/mol. The molecule has 21 heavy (non-hydrogen) atoms. The van der Waals surface area contributed by atoms with Crippen LogP contribution in [0.1, 0.15) is 10.5 Å². The van der Waals surface area contributed by atoms with Crippen molar-refractivity contribution in [1.82, 2.24) is 9.97 Å². The summed E-state index contributed by atoms with van der Waals surface area (Å²) in [6.07, 6.45) is 2.96. The number of rotatable bonds is 3. The van der Waals surface area contributed by atoms with Crippen LogP contribution in [0, 0.1) is 0 Å². The first-order valence-corrected chi connectivity index (χ1v) is 6.43. The summed E-state index contributed by atoms with van der Waals surface area (Å²) in [7, 11) is 0. The van der Waals surface area contributed by atoms with Crippen molar-refractivity contribution in [3.8, 4) is 11.6 Å². The minimum atomic E-state index is -1.12. The zero-order chi connectivity index (χ0) is 14.8. The van der Waals surface area contributed by atoms with Crippen LogP contribution in [0.15, 0.2) is 48.8 Å². The topological polar surface area (TPSA) is 72.3 Å². The number of benzene rings is 1. The molecule has 3 rings (SSSR count). The van der Waals surface area contributed by atoms with Gasteiger partial charge in [0.25, 0.3) is 0 Å². The number of carbonyl (C=O) groups is 1. The number of pyridine rings is 2. The van der Waals surface area contributed by atoms with E-state index in [4.69, 9.17) is 21.4 Å². The van der Waals surface area contributed by atoms with Gasteiger partial charge in [-0.15, -0.1) is 0 Å². The molecule has 3 aromatic rings. The van der Waals surface area contributed by atoms with Crippen molar-refractivity contribution in [2.45, 2.75) is 0 Å². The van der Waals surface area contributed by atoms with Gasteiger partial charge in [-0.2, -0.15) is 0 Å². The Balaban J connectivity index is 2.13. The normalized spacial score (nSPS) is 10.5. The number of aromatic nitrogens is 2. The Morgan fingerprint density at radius 1 is 1.19 bits per heavy atom. The number of carboxylic acids is 1. The van der Waals surface area contributed by atoms with Crippen molar-refractivity contribution in [3.63, 3.8) is 0 Å². The fourth-order valence-corrected chi connectivity index (χ4v) is 2.08. The van der Waals surface area contributed by atoms with Crippen LogP contribution < -0.4 is 4.74 Å². The maximum Gasteiger partial charge on any atom is 0.354 e. The fourth-order valence-electron chi connectivity index (χ4n) is 1.91. The van der Waals surface area contributed by atoms with Crippen molar-refractivity contribution in [1.29, 1.82) is 0 Å². The van der Waals surface area contributed by atoms with E-state index in [9.17, 15) is 4.79 Å². The van der Waals surface area contributed by atoms with Crippen molar-refractivity contribution in [2.75, 3.05) is 0 Å². The summed E-state index contributed by atoms with van der Waals surface area (Å²) in [6.45, 7) is 0. The number of fused-ring (bicyclic) bond motifs is 1. The third-order valence-electron chi connectivity index (χ3n) is 2.82. The van der Waals surface area contributed by atoms with E-state index in [1.807, 2.05) is 12.1 Å². The van der Waals surface area contributed by atoms with Gasteiger partial charge in [0, 0.05) is 17.6 Å². The summed E-state index contributed by atoms with van der Waals surface area (Å²) in [6, 6.07) is 10.3. The highest BCUT2D eigenvalue weighted by atomic mass is 35.5. The quantitative estimate of drug-likeness (QED) is 0.797. The Hall–Kier alpha value is -2.66. The molecule has 2 aromatic heterocycles. The first-order valence-electron chi connectivity index (χ1n) is 6.05. The predicted molar refractivity (Wildman–Crippen MR) is 78.0 cm³/mol. The van der Waals surface area contributed by atoms with Crippen LogP contribution in [0.2, 0.25) is 5.02 Å². The zero-order valence-electron chi connectivity index (χ0n) is 10.7. The van der Waals surface area contributed by atoms with E-state index in [-0.39, 0.29) is 11.6 Å². The van der Waals surface area contributed by atoms with Gasteiger partial charge in [-0.25, -0.2) is 9.78 Å². The van der Waals surface area contributed by atoms with E-state index in [1.165, 1.54) is 18.5 Å². The molecule has 6 heteroatoms. The molecule has 0 aliphatic heterocycles. The van der Waals surface area contributed by atoms with Crippen LogP contribution in [0.4, 0.5) is 0 Å². The Labute approximate surface area is 124 Å². The second-order valence-corrected chi connectivity index (χ2v) is 4.72. The standard InChI is InChI=1S/C15H9ClN2O3/c16-10-6-11(8-17-7-10)21-14-12-4-2-1-3-9(12)5-13(18-14)15(19)20/h1-8H,(H,19,20). The molecule has 0 aliphatic carbocycles. The molecule has 0 amide bonds. The Kier molecular flexibility index (Phi) is 3.41. The molecule has 0 saturated heterocycles. The highest BCUT2D eigenvalue weighted by molar-refractivity contribution is 6.30. The molecule has 1 aromatic carbocycles. The summed E-state index contributed by atoms with van der Waals surface area (Å²) in [5, 5.41) is 11.0. The number of aromatic carboxylic acids is 1. The van der Waals surface area contributed by atoms with E-state index in [1.54, 1.807) is 18.2 Å². The third kappa shape index (κ3) is 2.78. The molecule has 0 atom stereocenters. The Morgan fingerprint density at radius 2 is 2.00 bits per heavy atom. The number of ether oxygens (including phenoxy) is 1. The van der Waals surface area contributed by atoms with Gasteiger partial charge in [0.2, 0.25) is 5.88 Å². The molecule has 0 spiro atoms. The Morgan fingerprint density at radius 3 is 2.76 bits per heavy atom. The number of hydrogen-bond donors (Lipinski definition) is 1. The van der Waals surface area contributed by atoms with Crippen LogP contribution in [0.3, 0.4) is 0 Å². The minimum Gasteiger partial charge on any atom is -0.477 e. The summed E-state index contributed by atoms with van der Waals surface area (Å²) in [4.78, 5) is 19.1. The molecule has 1 N–H and O–H groups in total. The van der Waals surface area contributed by atoms with E-state index in [0.717, 1.165) is 5.39 Å². The lowest BCUT2D eigenvalue weighted by atomic mass is 10.1. The smallest absolute Gasteiger partial charge is 0.354 e. The maximum absolute atomic E-state index is 11.2. The Bertz CT molecular complexity index is 836. The number of nitrogens with zero attached hydrogens (tertiary/aromatic N) is 2. The third-order valence-corrected chi connectivity index (χ3v) is 3.03. The van der Waals surface area contributed by atoms with Gasteiger partial charge < -0.3 is 9.84 Å². The highest BCUT2D eigenvalue weighted by Crippen LogP contribution is 2.29. The average Bonchev–Trinajstić information content (AvgIpc) is 2.47. The van der Waals surface area contributed by atoms with E-state index in [0.29, 0.717) is 16.2 Å². The molecule has 2 heterocycles. The molecule has 0 unspecified atom stereocenters. The molecule has 0 radical (unpaired) electrons. The van der Waals surface area contributed by atoms with E-state index >= 15 is 0 Å². The molecule has 0 fully saturated rings. The lowest BCUT2D eigenvalue weighted by Crippen LogP contribution is -2.02. The van der Waals surface area contributed by atoms with Crippen molar-refractivity contribution < 1.29 is 14.6 Å². The molecule has 0 aliphatic rings. The molecular weight excluding hydrogens is 292 g/mol. The van der Waals surface area contributed by atoms with Crippen LogP contribution in [0.5, 0.6) is 11.6 Å².